The van der Waals surface area contributed by atoms with Gasteiger partial charge in [0.05, 0.1) is 0 Å². The number of nitrogens with one attached hydrogen (secondary N) is 1. The molecule has 1 aromatic rings. The Hall–Kier alpha value is -1.43. The van der Waals surface area contributed by atoms with Crippen LogP contribution in [0.5, 0.6) is 0 Å². The predicted molar refractivity (Wildman–Crippen MR) is 59.5 cm³/mol. The van der Waals surface area contributed by atoms with E-state index in [1.807, 2.05) is 0 Å². The maximum absolute atomic E-state index is 10.3. The van der Waals surface area contributed by atoms with Crippen LogP contribution in [0.15, 0.2) is 0 Å². The molecule has 0 unspecified atom stereocenters. The highest BCUT2D eigenvalue weighted by molar-refractivity contribution is 5.67. The Labute approximate surface area is 99.4 Å². The molecular formula is C11H17N3O3. The lowest BCUT2D eigenvalue weighted by atomic mass is 9.89. The van der Waals surface area contributed by atoms with Crippen LogP contribution >= 0.6 is 0 Å². The van der Waals surface area contributed by atoms with Gasteiger partial charge in [-0.2, -0.15) is 5.10 Å². The number of hydrogen-bond donors (Lipinski definition) is 2. The topological polar surface area (TPSA) is 88.1 Å². The fourth-order valence-electron chi connectivity index (χ4n) is 2.15. The number of aromatic amines is 1. The monoisotopic (exact) mass is 239 g/mol. The maximum atomic E-state index is 10.3. The number of carboxylic acid groups (broad SMARTS) is 1. The fraction of sp³-hybridized carbons (Fsp3) is 0.727. The third-order valence-electron chi connectivity index (χ3n) is 2.98. The van der Waals surface area contributed by atoms with Gasteiger partial charge in [-0.3, -0.25) is 5.10 Å². The van der Waals surface area contributed by atoms with Crippen LogP contribution in [0.1, 0.15) is 49.7 Å². The lowest BCUT2D eigenvalue weighted by Gasteiger charge is -2.17. The van der Waals surface area contributed by atoms with E-state index in [1.165, 1.54) is 19.3 Å². The molecule has 1 aromatic heterocycles. The van der Waals surface area contributed by atoms with Gasteiger partial charge in [0.1, 0.15) is 13.2 Å². The Morgan fingerprint density at radius 2 is 2.18 bits per heavy atom. The van der Waals surface area contributed by atoms with Gasteiger partial charge in [0.15, 0.2) is 11.6 Å². The predicted octanol–water partition coefficient (Wildman–Crippen LogP) is 1.45. The van der Waals surface area contributed by atoms with Crippen LogP contribution in [0.4, 0.5) is 0 Å². The number of H-pyrrole nitrogens is 1. The molecule has 1 aliphatic carbocycles. The fourth-order valence-corrected chi connectivity index (χ4v) is 2.15. The SMILES string of the molecule is O=C(O)COCc1nc(C2CCCCC2)n[nH]1. The Morgan fingerprint density at radius 3 is 2.88 bits per heavy atom. The van der Waals surface area contributed by atoms with Gasteiger partial charge in [0, 0.05) is 5.92 Å². The van der Waals surface area contributed by atoms with Gasteiger partial charge in [-0.15, -0.1) is 0 Å². The van der Waals surface area contributed by atoms with Crippen molar-refractivity contribution in [1.82, 2.24) is 15.2 Å². The van der Waals surface area contributed by atoms with E-state index in [0.29, 0.717) is 11.7 Å². The molecular weight excluding hydrogens is 222 g/mol. The molecule has 1 heterocycles. The molecule has 0 spiro atoms. The lowest BCUT2D eigenvalue weighted by Crippen LogP contribution is -2.08. The van der Waals surface area contributed by atoms with Crippen molar-refractivity contribution in [1.29, 1.82) is 0 Å². The van der Waals surface area contributed by atoms with Crippen molar-refractivity contribution in [3.05, 3.63) is 11.6 Å². The Balaban J connectivity index is 1.84. The van der Waals surface area contributed by atoms with Gasteiger partial charge in [0.2, 0.25) is 0 Å². The number of aromatic nitrogens is 3. The van der Waals surface area contributed by atoms with E-state index in [1.54, 1.807) is 0 Å². The molecule has 94 valence electrons. The van der Waals surface area contributed by atoms with Crippen LogP contribution < -0.4 is 0 Å². The van der Waals surface area contributed by atoms with Crippen LogP contribution in [0.25, 0.3) is 0 Å². The first-order valence-corrected chi connectivity index (χ1v) is 5.96. The van der Waals surface area contributed by atoms with E-state index in [4.69, 9.17) is 9.84 Å². The number of aliphatic carboxylic acids is 1. The summed E-state index contributed by atoms with van der Waals surface area (Å²) in [6.07, 6.45) is 6.07. The Bertz CT molecular complexity index is 372. The van der Waals surface area contributed by atoms with Gasteiger partial charge in [-0.25, -0.2) is 9.78 Å². The van der Waals surface area contributed by atoms with Crippen molar-refractivity contribution in [2.24, 2.45) is 0 Å². The van der Waals surface area contributed by atoms with E-state index in [2.05, 4.69) is 15.2 Å². The summed E-state index contributed by atoms with van der Waals surface area (Å²) in [6.45, 7) is -0.133. The summed E-state index contributed by atoms with van der Waals surface area (Å²) >= 11 is 0. The summed E-state index contributed by atoms with van der Waals surface area (Å²) in [6, 6.07) is 0. The molecule has 2 N–H and O–H groups in total. The second kappa shape index (κ2) is 5.77. The van der Waals surface area contributed by atoms with Crippen molar-refractivity contribution >= 4 is 5.97 Å². The number of carboxylic acids is 1. The zero-order valence-electron chi connectivity index (χ0n) is 9.69. The van der Waals surface area contributed by atoms with Crippen molar-refractivity contribution in [3.8, 4) is 0 Å². The zero-order valence-corrected chi connectivity index (χ0v) is 9.69. The second-order valence-electron chi connectivity index (χ2n) is 4.36. The molecule has 2 rings (SSSR count). The Morgan fingerprint density at radius 1 is 1.41 bits per heavy atom. The minimum absolute atomic E-state index is 0.173. The molecule has 1 aliphatic rings. The van der Waals surface area contributed by atoms with Gasteiger partial charge < -0.3 is 9.84 Å². The van der Waals surface area contributed by atoms with E-state index >= 15 is 0 Å². The van der Waals surface area contributed by atoms with Crippen LogP contribution in [0.2, 0.25) is 0 Å². The molecule has 0 saturated heterocycles. The summed E-state index contributed by atoms with van der Waals surface area (Å²) in [5, 5.41) is 15.4. The van der Waals surface area contributed by atoms with Crippen LogP contribution in [-0.2, 0) is 16.1 Å². The molecule has 0 aromatic carbocycles. The quantitative estimate of drug-likeness (QED) is 0.812. The first-order chi connectivity index (χ1) is 8.25. The molecule has 0 amide bonds. The highest BCUT2D eigenvalue weighted by Crippen LogP contribution is 2.30. The molecule has 0 aliphatic heterocycles. The third kappa shape index (κ3) is 3.52. The molecule has 6 heteroatoms. The first-order valence-electron chi connectivity index (χ1n) is 5.96. The Kier molecular flexibility index (Phi) is 4.08. The first kappa shape index (κ1) is 12.0. The van der Waals surface area contributed by atoms with Crippen molar-refractivity contribution in [2.45, 2.75) is 44.6 Å². The third-order valence-corrected chi connectivity index (χ3v) is 2.98. The van der Waals surface area contributed by atoms with Crippen molar-refractivity contribution < 1.29 is 14.6 Å². The lowest BCUT2D eigenvalue weighted by molar-refractivity contribution is -0.142. The maximum Gasteiger partial charge on any atom is 0.329 e. The van der Waals surface area contributed by atoms with Crippen molar-refractivity contribution in [3.63, 3.8) is 0 Å². The summed E-state index contributed by atoms with van der Waals surface area (Å²) in [5.74, 6) is 0.927. The molecule has 0 bridgehead atoms. The molecule has 0 radical (unpaired) electrons. The minimum atomic E-state index is -0.975. The summed E-state index contributed by atoms with van der Waals surface area (Å²) in [4.78, 5) is 14.6. The highest BCUT2D eigenvalue weighted by atomic mass is 16.5. The summed E-state index contributed by atoms with van der Waals surface area (Å²) in [5.41, 5.74) is 0. The van der Waals surface area contributed by atoms with Gasteiger partial charge >= 0.3 is 5.97 Å². The largest absolute Gasteiger partial charge is 0.480 e. The number of nitrogens with zero attached hydrogens (tertiary/aromatic N) is 2. The van der Waals surface area contributed by atoms with Crippen molar-refractivity contribution in [2.75, 3.05) is 6.61 Å². The molecule has 1 fully saturated rings. The molecule has 17 heavy (non-hydrogen) atoms. The standard InChI is InChI=1S/C11H17N3O3/c15-10(16)7-17-6-9-12-11(14-13-9)8-4-2-1-3-5-8/h8H,1-7H2,(H,15,16)(H,12,13,14). The number of carbonyl (C=O) groups is 1. The average Bonchev–Trinajstić information content (AvgIpc) is 2.78. The van der Waals surface area contributed by atoms with Gasteiger partial charge in [-0.05, 0) is 12.8 Å². The van der Waals surface area contributed by atoms with Gasteiger partial charge in [0.25, 0.3) is 0 Å². The van der Waals surface area contributed by atoms with E-state index in [0.717, 1.165) is 18.7 Å². The van der Waals surface area contributed by atoms with Crippen LogP contribution in [0.3, 0.4) is 0 Å². The van der Waals surface area contributed by atoms with Crippen LogP contribution in [-0.4, -0.2) is 32.9 Å². The number of hydrogen-bond acceptors (Lipinski definition) is 4. The van der Waals surface area contributed by atoms with E-state index in [9.17, 15) is 4.79 Å². The highest BCUT2D eigenvalue weighted by Gasteiger charge is 2.19. The average molecular weight is 239 g/mol. The zero-order chi connectivity index (χ0) is 12.1. The normalized spacial score (nSPS) is 17.2. The molecule has 6 nitrogen and oxygen atoms in total. The number of ether oxygens (including phenoxy) is 1. The molecule has 0 atom stereocenters. The van der Waals surface area contributed by atoms with E-state index in [-0.39, 0.29) is 13.2 Å². The number of rotatable bonds is 5. The summed E-state index contributed by atoms with van der Waals surface area (Å²) < 4.78 is 4.95. The summed E-state index contributed by atoms with van der Waals surface area (Å²) in [7, 11) is 0. The van der Waals surface area contributed by atoms with E-state index < -0.39 is 5.97 Å². The van der Waals surface area contributed by atoms with Gasteiger partial charge in [-0.1, -0.05) is 19.3 Å². The second-order valence-corrected chi connectivity index (χ2v) is 4.36. The smallest absolute Gasteiger partial charge is 0.329 e. The minimum Gasteiger partial charge on any atom is -0.480 e. The van der Waals surface area contributed by atoms with Crippen LogP contribution in [0, 0.1) is 0 Å². The molecule has 1 saturated carbocycles.